The molecule has 2 rings (SSSR count). The Morgan fingerprint density at radius 1 is 1.00 bits per heavy atom. The minimum atomic E-state index is -0.309. The third-order valence-electron chi connectivity index (χ3n) is 3.79. The molecule has 0 fully saturated rings. The first-order valence-corrected chi connectivity index (χ1v) is 8.53. The molecule has 0 aromatic heterocycles. The van der Waals surface area contributed by atoms with Crippen molar-refractivity contribution in [3.63, 3.8) is 0 Å². The molecule has 7 nitrogen and oxygen atoms in total. The summed E-state index contributed by atoms with van der Waals surface area (Å²) in [5.74, 6) is -0.183. The number of rotatable bonds is 7. The average molecular weight is 369 g/mol. The summed E-state index contributed by atoms with van der Waals surface area (Å²) in [6.07, 6.45) is 0. The van der Waals surface area contributed by atoms with E-state index in [4.69, 9.17) is 4.74 Å². The minimum absolute atomic E-state index is 0.0864. The highest BCUT2D eigenvalue weighted by atomic mass is 16.5. The quantitative estimate of drug-likeness (QED) is 0.786. The van der Waals surface area contributed by atoms with Gasteiger partial charge in [0.2, 0.25) is 11.8 Å². The van der Waals surface area contributed by atoms with E-state index in [2.05, 4.69) is 10.6 Å². The Morgan fingerprint density at radius 3 is 2.30 bits per heavy atom. The number of amides is 3. The number of carbonyl (C=O) groups excluding carboxylic acids is 3. The predicted molar refractivity (Wildman–Crippen MR) is 104 cm³/mol. The van der Waals surface area contributed by atoms with Crippen molar-refractivity contribution in [1.82, 2.24) is 4.90 Å². The fourth-order valence-corrected chi connectivity index (χ4v) is 2.52. The molecule has 7 heteroatoms. The molecule has 0 bridgehead atoms. The number of benzene rings is 2. The predicted octanol–water partition coefficient (Wildman–Crippen LogP) is 2.75. The number of likely N-dealkylation sites (N-methyl/N-ethyl adjacent to an activating group) is 1. The van der Waals surface area contributed by atoms with E-state index in [1.54, 1.807) is 62.6 Å². The van der Waals surface area contributed by atoms with Gasteiger partial charge in [-0.1, -0.05) is 12.1 Å². The third-order valence-corrected chi connectivity index (χ3v) is 3.79. The van der Waals surface area contributed by atoms with E-state index >= 15 is 0 Å². The van der Waals surface area contributed by atoms with Crippen molar-refractivity contribution in [3.05, 3.63) is 54.1 Å². The average Bonchev–Trinajstić information content (AvgIpc) is 2.65. The Balaban J connectivity index is 2.06. The van der Waals surface area contributed by atoms with Crippen molar-refractivity contribution in [2.75, 3.05) is 30.8 Å². The molecule has 0 saturated heterocycles. The second-order valence-corrected chi connectivity index (χ2v) is 5.86. The molecule has 0 aliphatic rings. The second kappa shape index (κ2) is 9.38. The first kappa shape index (κ1) is 20.0. The second-order valence-electron chi connectivity index (χ2n) is 5.86. The van der Waals surface area contributed by atoms with Crippen LogP contribution < -0.4 is 15.4 Å². The Kier molecular flexibility index (Phi) is 6.93. The van der Waals surface area contributed by atoms with Crippen LogP contribution in [0.3, 0.4) is 0 Å². The van der Waals surface area contributed by atoms with Crippen LogP contribution in [-0.2, 0) is 9.59 Å². The Hall–Kier alpha value is -3.35. The van der Waals surface area contributed by atoms with Crippen LogP contribution in [0, 0.1) is 0 Å². The summed E-state index contributed by atoms with van der Waals surface area (Å²) in [6, 6.07) is 13.6. The highest BCUT2D eigenvalue weighted by molar-refractivity contribution is 6.00. The van der Waals surface area contributed by atoms with E-state index in [0.717, 1.165) is 0 Å². The summed E-state index contributed by atoms with van der Waals surface area (Å²) in [4.78, 5) is 37.7. The topological polar surface area (TPSA) is 87.7 Å². The number of nitrogens with zero attached hydrogens (tertiary/aromatic N) is 1. The summed E-state index contributed by atoms with van der Waals surface area (Å²) in [5, 5.41) is 5.40. The molecule has 2 aromatic rings. The maximum Gasteiger partial charge on any atom is 0.254 e. The molecule has 0 saturated carbocycles. The van der Waals surface area contributed by atoms with E-state index < -0.39 is 0 Å². The van der Waals surface area contributed by atoms with E-state index in [0.29, 0.717) is 29.2 Å². The zero-order valence-corrected chi connectivity index (χ0v) is 15.6. The van der Waals surface area contributed by atoms with Gasteiger partial charge in [-0.2, -0.15) is 0 Å². The molecule has 0 spiro atoms. The van der Waals surface area contributed by atoms with Gasteiger partial charge in [0.05, 0.1) is 7.11 Å². The lowest BCUT2D eigenvalue weighted by atomic mass is 10.1. The molecule has 0 unspecified atom stereocenters. The number of anilines is 2. The van der Waals surface area contributed by atoms with Gasteiger partial charge in [-0.05, 0) is 37.3 Å². The Morgan fingerprint density at radius 2 is 1.67 bits per heavy atom. The fourth-order valence-electron chi connectivity index (χ4n) is 2.52. The van der Waals surface area contributed by atoms with Gasteiger partial charge in [0.1, 0.15) is 12.3 Å². The number of ether oxygens (including phenoxy) is 1. The number of carbonyl (C=O) groups is 3. The van der Waals surface area contributed by atoms with Gasteiger partial charge >= 0.3 is 0 Å². The molecule has 0 aliphatic heterocycles. The molecular formula is C20H23N3O4. The minimum Gasteiger partial charge on any atom is -0.497 e. The first-order chi connectivity index (χ1) is 12.9. The highest BCUT2D eigenvalue weighted by Gasteiger charge is 2.18. The number of hydrogen-bond acceptors (Lipinski definition) is 4. The first-order valence-electron chi connectivity index (χ1n) is 8.53. The van der Waals surface area contributed by atoms with Crippen LogP contribution in [0.25, 0.3) is 0 Å². The molecule has 27 heavy (non-hydrogen) atoms. The van der Waals surface area contributed by atoms with E-state index in [1.807, 2.05) is 0 Å². The third kappa shape index (κ3) is 5.85. The van der Waals surface area contributed by atoms with Crippen LogP contribution in [0.4, 0.5) is 11.4 Å². The molecule has 2 N–H and O–H groups in total. The lowest BCUT2D eigenvalue weighted by Gasteiger charge is -2.21. The molecule has 0 atom stereocenters. The van der Waals surface area contributed by atoms with Crippen LogP contribution in [-0.4, -0.2) is 42.8 Å². The van der Waals surface area contributed by atoms with E-state index in [1.165, 1.54) is 11.8 Å². The van der Waals surface area contributed by atoms with E-state index in [9.17, 15) is 14.4 Å². The molecule has 3 amide bonds. The SMILES string of the molecule is CCN(CC(=O)Nc1cccc(OC)c1)C(=O)c1cccc(NC(C)=O)c1. The van der Waals surface area contributed by atoms with Crippen molar-refractivity contribution in [2.24, 2.45) is 0 Å². The molecule has 0 aliphatic carbocycles. The summed E-state index contributed by atoms with van der Waals surface area (Å²) < 4.78 is 5.13. The summed E-state index contributed by atoms with van der Waals surface area (Å²) in [5.41, 5.74) is 1.53. The maximum atomic E-state index is 12.7. The van der Waals surface area contributed by atoms with Crippen LogP contribution >= 0.6 is 0 Å². The van der Waals surface area contributed by atoms with Crippen molar-refractivity contribution in [2.45, 2.75) is 13.8 Å². The number of nitrogens with one attached hydrogen (secondary N) is 2. The molecule has 0 heterocycles. The van der Waals surface area contributed by atoms with Crippen molar-refractivity contribution in [1.29, 1.82) is 0 Å². The van der Waals surface area contributed by atoms with Crippen molar-refractivity contribution >= 4 is 29.1 Å². The Bertz CT molecular complexity index is 835. The molecule has 2 aromatic carbocycles. The monoisotopic (exact) mass is 369 g/mol. The van der Waals surface area contributed by atoms with Crippen molar-refractivity contribution < 1.29 is 19.1 Å². The van der Waals surface area contributed by atoms with Gasteiger partial charge in [-0.15, -0.1) is 0 Å². The van der Waals surface area contributed by atoms with Crippen LogP contribution in [0.5, 0.6) is 5.75 Å². The van der Waals surface area contributed by atoms with Gasteiger partial charge in [-0.3, -0.25) is 14.4 Å². The number of hydrogen-bond donors (Lipinski definition) is 2. The van der Waals surface area contributed by atoms with Gasteiger partial charge < -0.3 is 20.3 Å². The smallest absolute Gasteiger partial charge is 0.254 e. The maximum absolute atomic E-state index is 12.7. The lowest BCUT2D eigenvalue weighted by Crippen LogP contribution is -2.37. The highest BCUT2D eigenvalue weighted by Crippen LogP contribution is 2.17. The van der Waals surface area contributed by atoms with Crippen LogP contribution in [0.1, 0.15) is 24.2 Å². The summed E-state index contributed by atoms with van der Waals surface area (Å²) in [6.45, 7) is 3.48. The number of methoxy groups -OCH3 is 1. The normalized spacial score (nSPS) is 10.0. The lowest BCUT2D eigenvalue weighted by molar-refractivity contribution is -0.117. The van der Waals surface area contributed by atoms with Gasteiger partial charge in [-0.25, -0.2) is 0 Å². The summed E-state index contributed by atoms with van der Waals surface area (Å²) >= 11 is 0. The standard InChI is InChI=1S/C20H23N3O4/c1-4-23(13-19(25)22-17-9-6-10-18(12-17)27-3)20(26)15-7-5-8-16(11-15)21-14(2)24/h5-12H,4,13H2,1-3H3,(H,21,24)(H,22,25). The summed E-state index contributed by atoms with van der Waals surface area (Å²) in [7, 11) is 1.55. The van der Waals surface area contributed by atoms with Gasteiger partial charge in [0.15, 0.2) is 0 Å². The fraction of sp³-hybridized carbons (Fsp3) is 0.250. The zero-order valence-electron chi connectivity index (χ0n) is 15.6. The zero-order chi connectivity index (χ0) is 19.8. The van der Waals surface area contributed by atoms with Gasteiger partial charge in [0, 0.05) is 36.5 Å². The molecular weight excluding hydrogens is 346 g/mol. The van der Waals surface area contributed by atoms with Crippen molar-refractivity contribution in [3.8, 4) is 5.75 Å². The molecule has 0 radical (unpaired) electrons. The Labute approximate surface area is 158 Å². The van der Waals surface area contributed by atoms with Crippen LogP contribution in [0.15, 0.2) is 48.5 Å². The largest absolute Gasteiger partial charge is 0.497 e. The van der Waals surface area contributed by atoms with E-state index in [-0.39, 0.29) is 24.3 Å². The molecule has 142 valence electrons. The van der Waals surface area contributed by atoms with Crippen LogP contribution in [0.2, 0.25) is 0 Å². The van der Waals surface area contributed by atoms with Gasteiger partial charge in [0.25, 0.3) is 5.91 Å².